The zero-order chi connectivity index (χ0) is 15.1. The number of hydrogen-bond acceptors (Lipinski definition) is 4. The second-order valence-corrected chi connectivity index (χ2v) is 7.04. The van der Waals surface area contributed by atoms with Crippen LogP contribution in [0.1, 0.15) is 15.9 Å². The summed E-state index contributed by atoms with van der Waals surface area (Å²) in [6, 6.07) is 4.28. The maximum atomic E-state index is 13.8. The molecule has 112 valence electrons. The van der Waals surface area contributed by atoms with Crippen molar-refractivity contribution in [3.05, 3.63) is 35.1 Å². The third-order valence-corrected chi connectivity index (χ3v) is 5.77. The standard InChI is InChI=1S/C15H17FN2OS2/c16-14-4-3-11(2-1-5-17)8-13(14)15(19)18-9-12-10-20-6-7-21-12/h3-4,8,12H,5-7,9-10,17H2,(H,18,19). The lowest BCUT2D eigenvalue weighted by molar-refractivity contribution is 0.0950. The van der Waals surface area contributed by atoms with Gasteiger partial charge < -0.3 is 11.1 Å². The largest absolute Gasteiger partial charge is 0.351 e. The van der Waals surface area contributed by atoms with Gasteiger partial charge in [-0.05, 0) is 18.2 Å². The molecule has 1 aliphatic heterocycles. The van der Waals surface area contributed by atoms with Crippen molar-refractivity contribution in [2.24, 2.45) is 5.73 Å². The molecule has 0 saturated carbocycles. The van der Waals surface area contributed by atoms with Crippen molar-refractivity contribution in [1.82, 2.24) is 5.32 Å². The van der Waals surface area contributed by atoms with Crippen LogP contribution >= 0.6 is 23.5 Å². The number of rotatable bonds is 3. The Morgan fingerprint density at radius 1 is 1.48 bits per heavy atom. The minimum atomic E-state index is -0.531. The predicted octanol–water partition coefficient (Wildman–Crippen LogP) is 1.71. The Bertz CT molecular complexity index is 563. The van der Waals surface area contributed by atoms with Gasteiger partial charge in [-0.3, -0.25) is 4.79 Å². The van der Waals surface area contributed by atoms with Gasteiger partial charge in [0, 0.05) is 34.6 Å². The summed E-state index contributed by atoms with van der Waals surface area (Å²) in [6.45, 7) is 0.796. The molecular formula is C15H17FN2OS2. The zero-order valence-electron chi connectivity index (χ0n) is 11.5. The Balaban J connectivity index is 2.00. The van der Waals surface area contributed by atoms with Gasteiger partial charge in [0.25, 0.3) is 5.91 Å². The molecule has 1 heterocycles. The quantitative estimate of drug-likeness (QED) is 0.831. The average molecular weight is 324 g/mol. The monoisotopic (exact) mass is 324 g/mol. The van der Waals surface area contributed by atoms with E-state index in [1.807, 2.05) is 23.5 Å². The number of hydrogen-bond donors (Lipinski definition) is 2. The number of carbonyl (C=O) groups excluding carboxylic acids is 1. The first-order valence-corrected chi connectivity index (χ1v) is 8.87. The molecule has 1 amide bonds. The van der Waals surface area contributed by atoms with E-state index in [1.54, 1.807) is 6.07 Å². The van der Waals surface area contributed by atoms with Crippen LogP contribution in [0.4, 0.5) is 4.39 Å². The summed E-state index contributed by atoms with van der Waals surface area (Å²) in [5.41, 5.74) is 5.93. The maximum absolute atomic E-state index is 13.8. The molecule has 1 atom stereocenters. The van der Waals surface area contributed by atoms with E-state index >= 15 is 0 Å². The summed E-state index contributed by atoms with van der Waals surface area (Å²) in [5.74, 6) is 7.86. The molecule has 1 fully saturated rings. The van der Waals surface area contributed by atoms with Crippen LogP contribution in [-0.4, -0.2) is 41.5 Å². The van der Waals surface area contributed by atoms with E-state index < -0.39 is 5.82 Å². The van der Waals surface area contributed by atoms with Crippen LogP contribution in [-0.2, 0) is 0 Å². The second-order valence-electron chi connectivity index (χ2n) is 4.48. The van der Waals surface area contributed by atoms with E-state index in [1.165, 1.54) is 12.1 Å². The lowest BCUT2D eigenvalue weighted by atomic mass is 10.1. The lowest BCUT2D eigenvalue weighted by Gasteiger charge is -2.21. The predicted molar refractivity (Wildman–Crippen MR) is 88.2 cm³/mol. The van der Waals surface area contributed by atoms with Crippen molar-refractivity contribution in [2.45, 2.75) is 5.25 Å². The molecule has 1 unspecified atom stereocenters. The van der Waals surface area contributed by atoms with E-state index in [-0.39, 0.29) is 18.0 Å². The summed E-state index contributed by atoms with van der Waals surface area (Å²) in [7, 11) is 0. The Morgan fingerprint density at radius 2 is 2.33 bits per heavy atom. The molecule has 1 aromatic carbocycles. The van der Waals surface area contributed by atoms with Gasteiger partial charge in [0.15, 0.2) is 0 Å². The summed E-state index contributed by atoms with van der Waals surface area (Å²) >= 11 is 3.74. The van der Waals surface area contributed by atoms with Crippen LogP contribution in [0.25, 0.3) is 0 Å². The SMILES string of the molecule is NCC#Cc1ccc(F)c(C(=O)NCC2CSCCS2)c1. The number of amides is 1. The molecule has 21 heavy (non-hydrogen) atoms. The topological polar surface area (TPSA) is 55.1 Å². The van der Waals surface area contributed by atoms with Gasteiger partial charge in [0.2, 0.25) is 0 Å². The molecule has 1 saturated heterocycles. The Morgan fingerprint density at radius 3 is 3.05 bits per heavy atom. The summed E-state index contributed by atoms with van der Waals surface area (Å²) in [5, 5.41) is 3.21. The van der Waals surface area contributed by atoms with E-state index in [2.05, 4.69) is 17.2 Å². The van der Waals surface area contributed by atoms with Gasteiger partial charge in [0.1, 0.15) is 5.82 Å². The summed E-state index contributed by atoms with van der Waals surface area (Å²) in [6.07, 6.45) is 0. The number of nitrogens with two attached hydrogens (primary N) is 1. The molecule has 0 aliphatic carbocycles. The highest BCUT2D eigenvalue weighted by molar-refractivity contribution is 8.06. The normalized spacial score (nSPS) is 17.7. The molecule has 0 spiro atoms. The van der Waals surface area contributed by atoms with Crippen molar-refractivity contribution in [3.63, 3.8) is 0 Å². The third-order valence-electron chi connectivity index (χ3n) is 2.92. The van der Waals surface area contributed by atoms with Crippen LogP contribution in [0.3, 0.4) is 0 Å². The van der Waals surface area contributed by atoms with Gasteiger partial charge >= 0.3 is 0 Å². The summed E-state index contributed by atoms with van der Waals surface area (Å²) in [4.78, 5) is 12.1. The Labute approximate surface area is 132 Å². The average Bonchev–Trinajstić information content (AvgIpc) is 2.53. The molecule has 1 aliphatic rings. The fourth-order valence-electron chi connectivity index (χ4n) is 1.89. The van der Waals surface area contributed by atoms with Crippen molar-refractivity contribution >= 4 is 29.4 Å². The molecule has 1 aromatic rings. The molecule has 3 N–H and O–H groups in total. The fourth-order valence-corrected chi connectivity index (χ4v) is 4.50. The van der Waals surface area contributed by atoms with Crippen molar-refractivity contribution in [1.29, 1.82) is 0 Å². The molecule has 3 nitrogen and oxygen atoms in total. The number of nitrogens with one attached hydrogen (secondary N) is 1. The first-order chi connectivity index (χ1) is 10.2. The highest BCUT2D eigenvalue weighted by Gasteiger charge is 2.17. The van der Waals surface area contributed by atoms with Crippen molar-refractivity contribution in [2.75, 3.05) is 30.3 Å². The highest BCUT2D eigenvalue weighted by atomic mass is 32.2. The second kappa shape index (κ2) is 8.32. The minimum absolute atomic E-state index is 0.0345. The fraction of sp³-hybridized carbons (Fsp3) is 0.400. The van der Waals surface area contributed by atoms with E-state index in [9.17, 15) is 9.18 Å². The van der Waals surface area contributed by atoms with Crippen LogP contribution < -0.4 is 11.1 Å². The molecular weight excluding hydrogens is 307 g/mol. The van der Waals surface area contributed by atoms with Gasteiger partial charge in [-0.1, -0.05) is 11.8 Å². The summed E-state index contributed by atoms with van der Waals surface area (Å²) < 4.78 is 13.8. The maximum Gasteiger partial charge on any atom is 0.254 e. The van der Waals surface area contributed by atoms with Gasteiger partial charge in [0.05, 0.1) is 12.1 Å². The molecule has 2 rings (SSSR count). The van der Waals surface area contributed by atoms with E-state index in [0.29, 0.717) is 17.4 Å². The van der Waals surface area contributed by atoms with Crippen molar-refractivity contribution < 1.29 is 9.18 Å². The van der Waals surface area contributed by atoms with E-state index in [4.69, 9.17) is 5.73 Å². The van der Waals surface area contributed by atoms with Gasteiger partial charge in [-0.25, -0.2) is 4.39 Å². The molecule has 6 heteroatoms. The Kier molecular flexibility index (Phi) is 6.43. The Hall–Kier alpha value is -1.16. The zero-order valence-corrected chi connectivity index (χ0v) is 13.2. The number of halogens is 1. The van der Waals surface area contributed by atoms with E-state index in [0.717, 1.165) is 17.3 Å². The van der Waals surface area contributed by atoms with Crippen LogP contribution in [0.2, 0.25) is 0 Å². The smallest absolute Gasteiger partial charge is 0.254 e. The number of benzene rings is 1. The highest BCUT2D eigenvalue weighted by Crippen LogP contribution is 2.23. The first kappa shape index (κ1) is 16.2. The number of carbonyl (C=O) groups is 1. The lowest BCUT2D eigenvalue weighted by Crippen LogP contribution is -2.33. The van der Waals surface area contributed by atoms with Crippen LogP contribution in [0, 0.1) is 17.7 Å². The van der Waals surface area contributed by atoms with Crippen molar-refractivity contribution in [3.8, 4) is 11.8 Å². The molecule has 0 aromatic heterocycles. The van der Waals surface area contributed by atoms with Gasteiger partial charge in [-0.15, -0.1) is 0 Å². The van der Waals surface area contributed by atoms with Crippen LogP contribution in [0.5, 0.6) is 0 Å². The minimum Gasteiger partial charge on any atom is -0.351 e. The third kappa shape index (κ3) is 4.95. The molecule has 0 radical (unpaired) electrons. The number of thioether (sulfide) groups is 2. The molecule has 0 bridgehead atoms. The van der Waals surface area contributed by atoms with Gasteiger partial charge in [-0.2, -0.15) is 23.5 Å². The van der Waals surface area contributed by atoms with Crippen LogP contribution in [0.15, 0.2) is 18.2 Å². The first-order valence-electron chi connectivity index (χ1n) is 6.66.